The van der Waals surface area contributed by atoms with E-state index in [9.17, 15) is 4.79 Å². The highest BCUT2D eigenvalue weighted by molar-refractivity contribution is 7.15. The van der Waals surface area contributed by atoms with Crippen LogP contribution in [0.5, 0.6) is 0 Å². The van der Waals surface area contributed by atoms with Crippen molar-refractivity contribution in [2.45, 2.75) is 18.8 Å². The lowest BCUT2D eigenvalue weighted by molar-refractivity contribution is 0.102. The summed E-state index contributed by atoms with van der Waals surface area (Å²) in [5, 5.41) is 12.7. The highest BCUT2D eigenvalue weighted by atomic mass is 32.1. The van der Waals surface area contributed by atoms with Crippen molar-refractivity contribution in [1.29, 1.82) is 0 Å². The SMILES string of the molecule is CN(c1ccccc1)c1ccccc1C(=O)Nc1nnc(C2CC2)s1. The Hall–Kier alpha value is -2.73. The van der Waals surface area contributed by atoms with Crippen LogP contribution in [-0.2, 0) is 0 Å². The number of aromatic nitrogens is 2. The van der Waals surface area contributed by atoms with Gasteiger partial charge in [0, 0.05) is 18.7 Å². The molecule has 0 saturated heterocycles. The molecular weight excluding hydrogens is 332 g/mol. The van der Waals surface area contributed by atoms with Gasteiger partial charge in [0.25, 0.3) is 5.91 Å². The van der Waals surface area contributed by atoms with Crippen LogP contribution in [-0.4, -0.2) is 23.2 Å². The van der Waals surface area contributed by atoms with Gasteiger partial charge in [-0.25, -0.2) is 0 Å². The second-order valence-electron chi connectivity index (χ2n) is 6.09. The molecule has 1 saturated carbocycles. The van der Waals surface area contributed by atoms with Gasteiger partial charge in [-0.2, -0.15) is 0 Å². The van der Waals surface area contributed by atoms with Gasteiger partial charge >= 0.3 is 0 Å². The van der Waals surface area contributed by atoms with Crippen LogP contribution in [0.3, 0.4) is 0 Å². The first-order chi connectivity index (χ1) is 12.2. The molecule has 6 heteroatoms. The molecule has 0 radical (unpaired) electrons. The Morgan fingerprint density at radius 1 is 1.08 bits per heavy atom. The molecule has 1 amide bonds. The minimum atomic E-state index is -0.170. The number of carbonyl (C=O) groups excluding carboxylic acids is 1. The van der Waals surface area contributed by atoms with Gasteiger partial charge in [0.05, 0.1) is 11.3 Å². The van der Waals surface area contributed by atoms with Crippen LogP contribution >= 0.6 is 11.3 Å². The van der Waals surface area contributed by atoms with E-state index in [2.05, 4.69) is 15.5 Å². The molecule has 2 aromatic carbocycles. The fourth-order valence-corrected chi connectivity index (χ4v) is 3.60. The summed E-state index contributed by atoms with van der Waals surface area (Å²) in [6.07, 6.45) is 2.35. The summed E-state index contributed by atoms with van der Waals surface area (Å²) in [6.45, 7) is 0. The Bertz CT molecular complexity index is 889. The number of carbonyl (C=O) groups is 1. The number of benzene rings is 2. The van der Waals surface area contributed by atoms with E-state index in [4.69, 9.17) is 0 Å². The summed E-state index contributed by atoms with van der Waals surface area (Å²) in [6, 6.07) is 17.5. The molecule has 0 atom stereocenters. The van der Waals surface area contributed by atoms with Crippen molar-refractivity contribution in [3.8, 4) is 0 Å². The maximum atomic E-state index is 12.8. The number of hydrogen-bond donors (Lipinski definition) is 1. The lowest BCUT2D eigenvalue weighted by atomic mass is 10.1. The average molecular weight is 350 g/mol. The van der Waals surface area contributed by atoms with Gasteiger partial charge in [-0.05, 0) is 37.1 Å². The number of amides is 1. The molecule has 126 valence electrons. The molecule has 3 aromatic rings. The minimum Gasteiger partial charge on any atom is -0.344 e. The second-order valence-corrected chi connectivity index (χ2v) is 7.09. The van der Waals surface area contributed by atoms with Gasteiger partial charge in [-0.15, -0.1) is 10.2 Å². The molecule has 25 heavy (non-hydrogen) atoms. The zero-order valence-corrected chi connectivity index (χ0v) is 14.7. The van der Waals surface area contributed by atoms with Crippen LogP contribution < -0.4 is 10.2 Å². The Kier molecular flexibility index (Phi) is 4.19. The van der Waals surface area contributed by atoms with Crippen molar-refractivity contribution >= 4 is 33.8 Å². The zero-order chi connectivity index (χ0) is 17.2. The van der Waals surface area contributed by atoms with Crippen molar-refractivity contribution in [3.05, 3.63) is 65.2 Å². The van der Waals surface area contributed by atoms with Gasteiger partial charge < -0.3 is 4.90 Å². The molecule has 0 bridgehead atoms. The van der Waals surface area contributed by atoms with E-state index in [0.717, 1.165) is 16.4 Å². The third-order valence-corrected chi connectivity index (χ3v) is 5.24. The maximum Gasteiger partial charge on any atom is 0.259 e. The van der Waals surface area contributed by atoms with Crippen molar-refractivity contribution in [2.75, 3.05) is 17.3 Å². The van der Waals surface area contributed by atoms with Crippen molar-refractivity contribution in [1.82, 2.24) is 10.2 Å². The molecule has 1 fully saturated rings. The standard InChI is InChI=1S/C19H18N4OS/c1-23(14-7-3-2-4-8-14)16-10-6-5-9-15(16)17(24)20-19-22-21-18(25-19)13-11-12-13/h2-10,13H,11-12H2,1H3,(H,20,22,24). The molecule has 0 aliphatic heterocycles. The Balaban J connectivity index is 1.58. The number of rotatable bonds is 5. The Morgan fingerprint density at radius 3 is 2.56 bits per heavy atom. The first-order valence-electron chi connectivity index (χ1n) is 8.25. The fourth-order valence-electron chi connectivity index (χ4n) is 2.69. The van der Waals surface area contributed by atoms with Gasteiger partial charge in [-0.3, -0.25) is 10.1 Å². The first-order valence-corrected chi connectivity index (χ1v) is 9.06. The Labute approximate surface area is 150 Å². The summed E-state index contributed by atoms with van der Waals surface area (Å²) in [5.74, 6) is 0.372. The van der Waals surface area contributed by atoms with Crippen molar-refractivity contribution in [2.24, 2.45) is 0 Å². The summed E-state index contributed by atoms with van der Waals surface area (Å²) in [7, 11) is 1.96. The predicted molar refractivity (Wildman–Crippen MR) is 101 cm³/mol. The van der Waals surface area contributed by atoms with Gasteiger partial charge in [0.15, 0.2) is 0 Å². The number of para-hydroxylation sites is 2. The topological polar surface area (TPSA) is 58.1 Å². The molecule has 5 nitrogen and oxygen atoms in total. The highest BCUT2D eigenvalue weighted by Crippen LogP contribution is 2.42. The molecule has 1 aromatic heterocycles. The summed E-state index contributed by atoms with van der Waals surface area (Å²) in [5.41, 5.74) is 2.48. The van der Waals surface area contributed by atoms with Gasteiger partial charge in [0.2, 0.25) is 5.13 Å². The van der Waals surface area contributed by atoms with E-state index >= 15 is 0 Å². The van der Waals surface area contributed by atoms with E-state index in [-0.39, 0.29) is 5.91 Å². The van der Waals surface area contributed by atoms with Crippen molar-refractivity contribution < 1.29 is 4.79 Å². The molecule has 1 N–H and O–H groups in total. The molecule has 1 heterocycles. The van der Waals surface area contributed by atoms with Crippen molar-refractivity contribution in [3.63, 3.8) is 0 Å². The normalized spacial score (nSPS) is 13.5. The molecular formula is C19H18N4OS. The quantitative estimate of drug-likeness (QED) is 0.739. The van der Waals surface area contributed by atoms with E-state index in [1.807, 2.05) is 66.5 Å². The summed E-state index contributed by atoms with van der Waals surface area (Å²) in [4.78, 5) is 14.8. The van der Waals surface area contributed by atoms with E-state index in [0.29, 0.717) is 16.6 Å². The van der Waals surface area contributed by atoms with Crippen LogP contribution in [0.15, 0.2) is 54.6 Å². The zero-order valence-electron chi connectivity index (χ0n) is 13.8. The monoisotopic (exact) mass is 350 g/mol. The first kappa shape index (κ1) is 15.8. The van der Waals surface area contributed by atoms with Crippen LogP contribution in [0.4, 0.5) is 16.5 Å². The summed E-state index contributed by atoms with van der Waals surface area (Å²) >= 11 is 1.47. The summed E-state index contributed by atoms with van der Waals surface area (Å²) < 4.78 is 0. The number of anilines is 3. The fraction of sp³-hybridized carbons (Fsp3) is 0.211. The lowest BCUT2D eigenvalue weighted by Crippen LogP contribution is -2.18. The molecule has 4 rings (SSSR count). The third-order valence-electron chi connectivity index (χ3n) is 4.24. The molecule has 0 spiro atoms. The number of nitrogens with one attached hydrogen (secondary N) is 1. The van der Waals surface area contributed by atoms with Crippen LogP contribution in [0, 0.1) is 0 Å². The second kappa shape index (κ2) is 6.64. The highest BCUT2D eigenvalue weighted by Gasteiger charge is 2.28. The van der Waals surface area contributed by atoms with E-state index in [1.165, 1.54) is 24.2 Å². The van der Waals surface area contributed by atoms with Crippen LogP contribution in [0.25, 0.3) is 0 Å². The lowest BCUT2D eigenvalue weighted by Gasteiger charge is -2.22. The smallest absolute Gasteiger partial charge is 0.259 e. The number of hydrogen-bond acceptors (Lipinski definition) is 5. The van der Waals surface area contributed by atoms with Gasteiger partial charge in [-0.1, -0.05) is 41.7 Å². The van der Waals surface area contributed by atoms with E-state index in [1.54, 1.807) is 0 Å². The largest absolute Gasteiger partial charge is 0.344 e. The molecule has 1 aliphatic rings. The predicted octanol–water partition coefficient (Wildman–Crippen LogP) is 4.44. The molecule has 1 aliphatic carbocycles. The Morgan fingerprint density at radius 2 is 1.80 bits per heavy atom. The van der Waals surface area contributed by atoms with Crippen LogP contribution in [0.2, 0.25) is 0 Å². The average Bonchev–Trinajstić information content (AvgIpc) is 3.41. The third kappa shape index (κ3) is 3.39. The van der Waals surface area contributed by atoms with Gasteiger partial charge in [0.1, 0.15) is 5.01 Å². The molecule has 0 unspecified atom stereocenters. The van der Waals surface area contributed by atoms with Crippen LogP contribution in [0.1, 0.15) is 34.1 Å². The van der Waals surface area contributed by atoms with E-state index < -0.39 is 0 Å². The minimum absolute atomic E-state index is 0.170. The maximum absolute atomic E-state index is 12.8. The number of nitrogens with zero attached hydrogens (tertiary/aromatic N) is 3.